The molecule has 0 atom stereocenters. The predicted molar refractivity (Wildman–Crippen MR) is 90.8 cm³/mol. The lowest BCUT2D eigenvalue weighted by atomic mass is 9.77. The molecule has 1 heteroatoms. The van der Waals surface area contributed by atoms with E-state index in [1.165, 1.54) is 75.5 Å². The molecule has 0 radical (unpaired) electrons. The van der Waals surface area contributed by atoms with Crippen LogP contribution in [-0.2, 0) is 6.42 Å². The van der Waals surface area contributed by atoms with Crippen molar-refractivity contribution in [2.45, 2.75) is 77.7 Å². The van der Waals surface area contributed by atoms with Crippen LogP contribution in [0.25, 0.3) is 0 Å². The summed E-state index contributed by atoms with van der Waals surface area (Å²) in [5.41, 5.74) is 5.10. The molecule has 0 aromatic heterocycles. The second-order valence-electron chi connectivity index (χ2n) is 7.62. The van der Waals surface area contributed by atoms with Crippen LogP contribution in [0.1, 0.15) is 68.1 Å². The maximum absolute atomic E-state index is 3.73. The van der Waals surface area contributed by atoms with Gasteiger partial charge in [-0.2, -0.15) is 0 Å². The summed E-state index contributed by atoms with van der Waals surface area (Å²) in [6.45, 7) is 5.73. The summed E-state index contributed by atoms with van der Waals surface area (Å²) in [4.78, 5) is 0. The van der Waals surface area contributed by atoms with E-state index in [0.29, 0.717) is 5.41 Å². The van der Waals surface area contributed by atoms with Gasteiger partial charge in [-0.25, -0.2) is 0 Å². The van der Waals surface area contributed by atoms with Crippen LogP contribution in [0, 0.1) is 19.3 Å². The number of rotatable bonds is 7. The molecule has 2 fully saturated rings. The van der Waals surface area contributed by atoms with Crippen molar-refractivity contribution in [3.05, 3.63) is 34.9 Å². The van der Waals surface area contributed by atoms with E-state index in [-0.39, 0.29) is 0 Å². The lowest BCUT2D eigenvalue weighted by Crippen LogP contribution is -2.26. The molecule has 0 spiro atoms. The Kier molecular flexibility index (Phi) is 4.69. The van der Waals surface area contributed by atoms with E-state index in [1.807, 2.05) is 0 Å². The maximum Gasteiger partial charge on any atom is 0.00682 e. The van der Waals surface area contributed by atoms with E-state index in [9.17, 15) is 0 Å². The van der Waals surface area contributed by atoms with Crippen LogP contribution < -0.4 is 5.32 Å². The molecule has 3 rings (SSSR count). The van der Waals surface area contributed by atoms with Crippen LogP contribution >= 0.6 is 0 Å². The molecule has 21 heavy (non-hydrogen) atoms. The second kappa shape index (κ2) is 6.52. The fourth-order valence-corrected chi connectivity index (χ4v) is 4.05. The molecular formula is C20H31N. The first-order valence-corrected chi connectivity index (χ1v) is 8.96. The van der Waals surface area contributed by atoms with Crippen molar-refractivity contribution in [1.29, 1.82) is 0 Å². The van der Waals surface area contributed by atoms with Gasteiger partial charge in [-0.3, -0.25) is 0 Å². The molecule has 2 aliphatic carbocycles. The zero-order valence-electron chi connectivity index (χ0n) is 13.9. The first-order valence-electron chi connectivity index (χ1n) is 8.96. The fraction of sp³-hybridized carbons (Fsp3) is 0.700. The third kappa shape index (κ3) is 4.10. The highest BCUT2D eigenvalue weighted by atomic mass is 14.9. The molecule has 1 N–H and O–H groups in total. The number of aryl methyl sites for hydroxylation is 3. The second-order valence-corrected chi connectivity index (χ2v) is 7.62. The molecule has 1 nitrogen and oxygen atoms in total. The van der Waals surface area contributed by atoms with Crippen molar-refractivity contribution in [1.82, 2.24) is 5.32 Å². The van der Waals surface area contributed by atoms with Gasteiger partial charge in [-0.05, 0) is 81.9 Å². The Bertz CT molecular complexity index is 467. The summed E-state index contributed by atoms with van der Waals surface area (Å²) in [5.74, 6) is 0. The minimum Gasteiger partial charge on any atom is -0.314 e. The maximum atomic E-state index is 3.73. The quantitative estimate of drug-likeness (QED) is 0.748. The zero-order chi connectivity index (χ0) is 14.7. The van der Waals surface area contributed by atoms with Crippen molar-refractivity contribution in [2.24, 2.45) is 5.41 Å². The molecule has 0 heterocycles. The third-order valence-corrected chi connectivity index (χ3v) is 5.76. The Labute approximate surface area is 130 Å². The van der Waals surface area contributed by atoms with Gasteiger partial charge in [0.15, 0.2) is 0 Å². The van der Waals surface area contributed by atoms with Gasteiger partial charge in [0.2, 0.25) is 0 Å². The van der Waals surface area contributed by atoms with E-state index >= 15 is 0 Å². The molecule has 1 aromatic rings. The van der Waals surface area contributed by atoms with Crippen LogP contribution in [0.3, 0.4) is 0 Å². The lowest BCUT2D eigenvalue weighted by Gasteiger charge is -2.30. The Morgan fingerprint density at radius 1 is 1.10 bits per heavy atom. The standard InChI is InChI=1S/C20H31N/c1-16-5-6-17(2)18(15-16)9-12-20(10-3-4-11-20)13-14-21-19-7-8-19/h5-6,15,19,21H,3-4,7-14H2,1-2H3. The van der Waals surface area contributed by atoms with Crippen LogP contribution in [0.2, 0.25) is 0 Å². The van der Waals surface area contributed by atoms with Crippen molar-refractivity contribution in [2.75, 3.05) is 6.54 Å². The van der Waals surface area contributed by atoms with Crippen molar-refractivity contribution >= 4 is 0 Å². The van der Waals surface area contributed by atoms with Crippen molar-refractivity contribution < 1.29 is 0 Å². The number of hydrogen-bond acceptors (Lipinski definition) is 1. The SMILES string of the molecule is Cc1ccc(C)c(CCC2(CCNC3CC3)CCCC2)c1. The summed E-state index contributed by atoms with van der Waals surface area (Å²) < 4.78 is 0. The van der Waals surface area contributed by atoms with Gasteiger partial charge in [0, 0.05) is 6.04 Å². The Hall–Kier alpha value is -0.820. The first-order chi connectivity index (χ1) is 10.2. The van der Waals surface area contributed by atoms with Gasteiger partial charge in [-0.15, -0.1) is 0 Å². The summed E-state index contributed by atoms with van der Waals surface area (Å²) in [6.07, 6.45) is 12.7. The highest BCUT2D eigenvalue weighted by Crippen LogP contribution is 2.44. The Morgan fingerprint density at radius 2 is 1.86 bits per heavy atom. The van der Waals surface area contributed by atoms with Gasteiger partial charge in [0.1, 0.15) is 0 Å². The Balaban J connectivity index is 1.57. The highest BCUT2D eigenvalue weighted by molar-refractivity contribution is 5.30. The molecule has 0 amide bonds. The van der Waals surface area contributed by atoms with E-state index in [2.05, 4.69) is 37.4 Å². The molecule has 2 aliphatic rings. The average Bonchev–Trinajstić information content (AvgIpc) is 3.18. The lowest BCUT2D eigenvalue weighted by molar-refractivity contribution is 0.245. The van der Waals surface area contributed by atoms with Crippen LogP contribution in [0.4, 0.5) is 0 Å². The first kappa shape index (κ1) is 15.1. The minimum atomic E-state index is 0.637. The van der Waals surface area contributed by atoms with Crippen molar-refractivity contribution in [3.63, 3.8) is 0 Å². The highest BCUT2D eigenvalue weighted by Gasteiger charge is 2.33. The van der Waals surface area contributed by atoms with Crippen LogP contribution in [0.15, 0.2) is 18.2 Å². The van der Waals surface area contributed by atoms with E-state index in [4.69, 9.17) is 0 Å². The fourth-order valence-electron chi connectivity index (χ4n) is 4.05. The minimum absolute atomic E-state index is 0.637. The van der Waals surface area contributed by atoms with Crippen LogP contribution in [-0.4, -0.2) is 12.6 Å². The molecule has 2 saturated carbocycles. The summed E-state index contributed by atoms with van der Waals surface area (Å²) in [6, 6.07) is 7.80. The molecular weight excluding hydrogens is 254 g/mol. The number of benzene rings is 1. The molecule has 0 bridgehead atoms. The van der Waals surface area contributed by atoms with Gasteiger partial charge in [-0.1, -0.05) is 36.6 Å². The van der Waals surface area contributed by atoms with Crippen LogP contribution in [0.5, 0.6) is 0 Å². The zero-order valence-corrected chi connectivity index (χ0v) is 13.9. The molecule has 116 valence electrons. The Morgan fingerprint density at radius 3 is 2.57 bits per heavy atom. The van der Waals surface area contributed by atoms with Gasteiger partial charge in [0.05, 0.1) is 0 Å². The molecule has 0 unspecified atom stereocenters. The number of hydrogen-bond donors (Lipinski definition) is 1. The van der Waals surface area contributed by atoms with Gasteiger partial charge in [0.25, 0.3) is 0 Å². The average molecular weight is 285 g/mol. The molecule has 0 aliphatic heterocycles. The van der Waals surface area contributed by atoms with E-state index < -0.39 is 0 Å². The predicted octanol–water partition coefficient (Wildman–Crippen LogP) is 4.94. The third-order valence-electron chi connectivity index (χ3n) is 5.76. The molecule has 0 saturated heterocycles. The largest absolute Gasteiger partial charge is 0.314 e. The topological polar surface area (TPSA) is 12.0 Å². The van der Waals surface area contributed by atoms with E-state index in [1.54, 1.807) is 5.56 Å². The summed E-state index contributed by atoms with van der Waals surface area (Å²) in [5, 5.41) is 3.73. The van der Waals surface area contributed by atoms with Gasteiger partial charge < -0.3 is 5.32 Å². The smallest absolute Gasteiger partial charge is 0.00682 e. The molecule has 1 aromatic carbocycles. The van der Waals surface area contributed by atoms with Gasteiger partial charge >= 0.3 is 0 Å². The summed E-state index contributed by atoms with van der Waals surface area (Å²) >= 11 is 0. The summed E-state index contributed by atoms with van der Waals surface area (Å²) in [7, 11) is 0. The van der Waals surface area contributed by atoms with E-state index in [0.717, 1.165) is 6.04 Å². The van der Waals surface area contributed by atoms with Crippen molar-refractivity contribution in [3.8, 4) is 0 Å². The number of nitrogens with one attached hydrogen (secondary N) is 1. The normalized spacial score (nSPS) is 20.9. The monoisotopic (exact) mass is 285 g/mol.